The van der Waals surface area contributed by atoms with Gasteiger partial charge < -0.3 is 0 Å². The quantitative estimate of drug-likeness (QED) is 0.314. The molecule has 0 aromatic carbocycles. The summed E-state index contributed by atoms with van der Waals surface area (Å²) >= 11 is 4.36. The van der Waals surface area contributed by atoms with E-state index in [1.54, 1.807) is 8.46 Å². The Morgan fingerprint density at radius 2 is 1.78 bits per heavy atom. The molecule has 0 unspecified atom stereocenters. The van der Waals surface area contributed by atoms with E-state index in [-0.39, 0.29) is 0 Å². The summed E-state index contributed by atoms with van der Waals surface area (Å²) in [7, 11) is 1.75. The van der Waals surface area contributed by atoms with Crippen LogP contribution in [-0.2, 0) is 8.46 Å². The zero-order valence-corrected chi connectivity index (χ0v) is 10.3. The van der Waals surface area contributed by atoms with Gasteiger partial charge in [0, 0.05) is 6.54 Å². The van der Waals surface area contributed by atoms with Crippen LogP contribution in [0.1, 0.15) is 13.3 Å². The molecule has 0 aromatic rings. The Bertz CT molecular complexity index is 46.0. The van der Waals surface area contributed by atoms with Gasteiger partial charge in [-0.25, -0.2) is 0 Å². The average molecular weight is 406 g/mol. The van der Waals surface area contributed by atoms with Gasteiger partial charge in [-0.2, -0.15) is 5.12 Å². The number of nitrogens with two attached hydrogens (primary N) is 2. The molecule has 0 bridgehead atoms. The van der Waals surface area contributed by atoms with Gasteiger partial charge in [0.25, 0.3) is 0 Å². The first-order chi connectivity index (χ1) is 4.18. The number of hydrazine groups is 2. The van der Waals surface area contributed by atoms with Crippen molar-refractivity contribution in [1.29, 1.82) is 0 Å². The van der Waals surface area contributed by atoms with Gasteiger partial charge in [-0.05, 0) is 6.42 Å². The van der Waals surface area contributed by atoms with Crippen LogP contribution >= 0.6 is 40.7 Å². The molecule has 0 amide bonds. The Morgan fingerprint density at radius 1 is 1.44 bits per heavy atom. The molecule has 0 aromatic heterocycles. The van der Waals surface area contributed by atoms with Crippen LogP contribution in [-0.4, -0.2) is 11.7 Å². The van der Waals surface area contributed by atoms with E-state index in [9.17, 15) is 0 Å². The first-order valence-corrected chi connectivity index (χ1v) is 8.34. The predicted octanol–water partition coefficient (Wildman–Crippen LogP) is 1.21. The van der Waals surface area contributed by atoms with Crippen LogP contribution in [0.5, 0.6) is 0 Å². The van der Waals surface area contributed by atoms with Gasteiger partial charge in [-0.15, -0.1) is 0 Å². The van der Waals surface area contributed by atoms with Gasteiger partial charge in [0.2, 0.25) is 0 Å². The Kier molecular flexibility index (Phi) is 18.7. The molecule has 0 spiro atoms. The van der Waals surface area contributed by atoms with Crippen LogP contribution in [0, 0.1) is 0 Å². The van der Waals surface area contributed by atoms with Crippen LogP contribution in [0.2, 0.25) is 0 Å². The van der Waals surface area contributed by atoms with Crippen molar-refractivity contribution in [3.8, 4) is 0 Å². The number of hydrogen-bond acceptors (Lipinski definition) is 3. The van der Waals surface area contributed by atoms with Gasteiger partial charge in [0.05, 0.1) is 0 Å². The van der Waals surface area contributed by atoms with Crippen molar-refractivity contribution < 1.29 is 8.46 Å². The second-order valence-corrected chi connectivity index (χ2v) is 9.23. The van der Waals surface area contributed by atoms with Crippen molar-refractivity contribution >= 4 is 40.7 Å². The third kappa shape index (κ3) is 25.8. The molecule has 0 rings (SSSR count). The second-order valence-electron chi connectivity index (χ2n) is 1.28. The molecule has 4 N–H and O–H groups in total. The number of halogens is 2. The minimum atomic E-state index is 0.764. The fraction of sp³-hybridized carbons (Fsp3) is 1.00. The molecule has 0 aliphatic rings. The molecule has 0 saturated heterocycles. The van der Waals surface area contributed by atoms with Crippen molar-refractivity contribution in [1.82, 2.24) is 5.12 Å². The molecule has 9 heavy (non-hydrogen) atoms. The van der Waals surface area contributed by atoms with Crippen LogP contribution in [0.25, 0.3) is 0 Å². The summed E-state index contributed by atoms with van der Waals surface area (Å²) in [4.78, 5) is 0. The third-order valence-corrected chi connectivity index (χ3v) is 0.482. The molecule has 0 radical (unpaired) electrons. The zero-order chi connectivity index (χ0) is 7.70. The van der Waals surface area contributed by atoms with E-state index in [4.69, 9.17) is 11.7 Å². The van der Waals surface area contributed by atoms with Crippen molar-refractivity contribution in [2.45, 2.75) is 13.3 Å². The van der Waals surface area contributed by atoms with Crippen molar-refractivity contribution in [2.24, 2.45) is 11.7 Å². The third-order valence-electron chi connectivity index (χ3n) is 0.482. The summed E-state index contributed by atoms with van der Waals surface area (Å²) in [6.45, 7) is 2.78. The number of hydrogen-bond donors (Lipinski definition) is 2. The molecule has 3 nitrogen and oxygen atoms in total. The standard InChI is InChI=1S/C3H11N3.Cu.2HI/c1-2-3-6(4)5;;;/h2-5H2,1H3;;2*1H/q;+2;;/p-2. The van der Waals surface area contributed by atoms with E-state index in [2.05, 4.69) is 40.7 Å². The summed E-state index contributed by atoms with van der Waals surface area (Å²) in [6.07, 6.45) is 1.01. The molecule has 0 fully saturated rings. The van der Waals surface area contributed by atoms with Gasteiger partial charge in [0.1, 0.15) is 0 Å². The Hall–Kier alpha value is 1.86. The fourth-order valence-electron chi connectivity index (χ4n) is 0.258. The summed E-state index contributed by atoms with van der Waals surface area (Å²) in [6, 6.07) is 0. The Labute approximate surface area is 84.9 Å². The normalized spacial score (nSPS) is 9.11. The molecular weight excluding hydrogens is 395 g/mol. The predicted molar refractivity (Wildman–Crippen MR) is 53.4 cm³/mol. The molecule has 0 saturated carbocycles. The van der Waals surface area contributed by atoms with Crippen LogP contribution in [0.3, 0.4) is 0 Å². The molecular formula is C3H11CuI2N3. The van der Waals surface area contributed by atoms with Gasteiger partial charge in [-0.1, -0.05) is 6.92 Å². The van der Waals surface area contributed by atoms with Crippen LogP contribution < -0.4 is 11.7 Å². The van der Waals surface area contributed by atoms with E-state index in [0.29, 0.717) is 0 Å². The maximum absolute atomic E-state index is 5.01. The van der Waals surface area contributed by atoms with E-state index < -0.39 is 0 Å². The van der Waals surface area contributed by atoms with Crippen molar-refractivity contribution in [2.75, 3.05) is 6.54 Å². The second kappa shape index (κ2) is 12.5. The Morgan fingerprint density at radius 3 is 1.78 bits per heavy atom. The van der Waals surface area contributed by atoms with E-state index in [1.807, 2.05) is 6.92 Å². The van der Waals surface area contributed by atoms with Gasteiger partial charge in [0.15, 0.2) is 0 Å². The van der Waals surface area contributed by atoms with E-state index >= 15 is 0 Å². The summed E-state index contributed by atoms with van der Waals surface area (Å²) in [5, 5.41) is 1.18. The molecule has 0 atom stereocenters. The van der Waals surface area contributed by atoms with Gasteiger partial charge in [-0.3, -0.25) is 11.7 Å². The molecule has 0 aliphatic carbocycles. The van der Waals surface area contributed by atoms with E-state index in [0.717, 1.165) is 13.0 Å². The average Bonchev–Trinajstić information content (AvgIpc) is 1.67. The monoisotopic (exact) mass is 406 g/mol. The Balaban J connectivity index is 0. The SMILES string of the molecule is CCCN(N)N.[I][Cu][I]. The first-order valence-electron chi connectivity index (χ1n) is 2.27. The zero-order valence-electron chi connectivity index (χ0n) is 5.07. The first kappa shape index (κ1) is 13.4. The number of rotatable bonds is 2. The van der Waals surface area contributed by atoms with E-state index in [1.165, 1.54) is 5.12 Å². The molecule has 0 heterocycles. The maximum atomic E-state index is 5.01. The minimum absolute atomic E-state index is 0.764. The van der Waals surface area contributed by atoms with Crippen LogP contribution in [0.4, 0.5) is 0 Å². The summed E-state index contributed by atoms with van der Waals surface area (Å²) in [5.74, 6) is 10.0. The van der Waals surface area contributed by atoms with Gasteiger partial charge >= 0.3 is 49.1 Å². The molecule has 6 heteroatoms. The summed E-state index contributed by atoms with van der Waals surface area (Å²) in [5.41, 5.74) is 0. The van der Waals surface area contributed by atoms with Crippen molar-refractivity contribution in [3.63, 3.8) is 0 Å². The fourth-order valence-corrected chi connectivity index (χ4v) is 0.258. The summed E-state index contributed by atoms with van der Waals surface area (Å²) < 4.78 is 0. The molecule has 0 aliphatic heterocycles. The van der Waals surface area contributed by atoms with Crippen molar-refractivity contribution in [3.05, 3.63) is 0 Å². The molecule has 63 valence electrons. The number of nitrogens with zero attached hydrogens (tertiary/aromatic N) is 1. The van der Waals surface area contributed by atoms with Crippen LogP contribution in [0.15, 0.2) is 0 Å². The topological polar surface area (TPSA) is 55.3 Å².